The van der Waals surface area contributed by atoms with Crippen molar-refractivity contribution in [3.05, 3.63) is 71.8 Å². The summed E-state index contributed by atoms with van der Waals surface area (Å²) in [5, 5.41) is 25.1. The molecule has 4 rings (SSSR count). The number of nitrogens with one attached hydrogen (secondary N) is 7. The van der Waals surface area contributed by atoms with Gasteiger partial charge in [0.2, 0.25) is 17.7 Å². The summed E-state index contributed by atoms with van der Waals surface area (Å²) in [7, 11) is 10.6. The molecule has 4 aromatic heterocycles. The van der Waals surface area contributed by atoms with Crippen LogP contribution in [-0.2, 0) is 42.6 Å². The van der Waals surface area contributed by atoms with Crippen molar-refractivity contribution in [1.82, 2.24) is 39.3 Å². The number of nitrogens with zero attached hydrogens (tertiary/aromatic N) is 5. The van der Waals surface area contributed by atoms with E-state index in [4.69, 9.17) is 5.21 Å². The quantitative estimate of drug-likeness (QED) is 0.0370. The summed E-state index contributed by atoms with van der Waals surface area (Å²) >= 11 is 0. The lowest BCUT2D eigenvalue weighted by Crippen LogP contribution is -2.28. The Balaban J connectivity index is 0.00000930. The molecule has 0 atom stereocenters. The van der Waals surface area contributed by atoms with Crippen LogP contribution in [0.2, 0.25) is 0 Å². The molecule has 0 aliphatic heterocycles. The van der Waals surface area contributed by atoms with E-state index in [1.54, 1.807) is 78.4 Å². The van der Waals surface area contributed by atoms with Crippen molar-refractivity contribution in [3.63, 3.8) is 0 Å². The molecule has 320 valence electrons. The van der Waals surface area contributed by atoms with Gasteiger partial charge in [-0.2, -0.15) is 0 Å². The number of carbonyl (C=O) groups is 7. The van der Waals surface area contributed by atoms with Gasteiger partial charge in [0.25, 0.3) is 23.6 Å². The van der Waals surface area contributed by atoms with Crippen molar-refractivity contribution >= 4 is 76.5 Å². The van der Waals surface area contributed by atoms with Crippen molar-refractivity contribution in [3.8, 4) is 0 Å². The highest BCUT2D eigenvalue weighted by molar-refractivity contribution is 6.09. The molecule has 4 aromatic rings. The summed E-state index contributed by atoms with van der Waals surface area (Å²) in [6, 6.07) is 4.51. The molecule has 8 N–H and O–H groups in total. The maximum Gasteiger partial charge on any atom is 0.272 e. The Bertz CT molecular complexity index is 2150. The summed E-state index contributed by atoms with van der Waals surface area (Å²) < 4.78 is 6.30. The number of aromatic nitrogens is 4. The van der Waals surface area contributed by atoms with Crippen LogP contribution in [0.3, 0.4) is 0 Å². The molecule has 7 amide bonds. The van der Waals surface area contributed by atoms with Gasteiger partial charge in [0.15, 0.2) is 0 Å². The van der Waals surface area contributed by atoms with Crippen molar-refractivity contribution < 1.29 is 38.8 Å². The van der Waals surface area contributed by atoms with E-state index in [2.05, 4.69) is 31.9 Å². The third kappa shape index (κ3) is 13.9. The Hall–Kier alpha value is -6.38. The van der Waals surface area contributed by atoms with E-state index < -0.39 is 29.5 Å². The number of anilines is 4. The van der Waals surface area contributed by atoms with E-state index in [0.29, 0.717) is 47.7 Å². The van der Waals surface area contributed by atoms with Gasteiger partial charge in [-0.1, -0.05) is 0 Å². The predicted molar refractivity (Wildman–Crippen MR) is 223 cm³/mol. The fourth-order valence-electron chi connectivity index (χ4n) is 5.97. The maximum absolute atomic E-state index is 13.2. The molecule has 0 aromatic carbocycles. The molecule has 0 spiro atoms. The molecule has 0 aliphatic rings. The Morgan fingerprint density at radius 1 is 0.559 bits per heavy atom. The molecule has 21 heteroatoms. The van der Waals surface area contributed by atoms with Crippen molar-refractivity contribution in [2.75, 3.05) is 55.0 Å². The van der Waals surface area contributed by atoms with Crippen LogP contribution in [0.1, 0.15) is 80.3 Å². The summed E-state index contributed by atoms with van der Waals surface area (Å²) in [4.78, 5) is 90.3. The molecule has 0 aliphatic carbocycles. The molecular weight excluding hydrogens is 788 g/mol. The highest BCUT2D eigenvalue weighted by Gasteiger charge is 2.20. The lowest BCUT2D eigenvalue weighted by Gasteiger charge is -2.10. The molecule has 59 heavy (non-hydrogen) atoms. The number of carbonyl (C=O) groups excluding carboxylic acids is 7. The Morgan fingerprint density at radius 2 is 1.03 bits per heavy atom. The zero-order valence-electron chi connectivity index (χ0n) is 33.9. The zero-order valence-corrected chi connectivity index (χ0v) is 34.7. The van der Waals surface area contributed by atoms with E-state index in [1.165, 1.54) is 22.8 Å². The fourth-order valence-corrected chi connectivity index (χ4v) is 5.97. The average Bonchev–Trinajstić information content (AvgIpc) is 3.92. The van der Waals surface area contributed by atoms with Crippen molar-refractivity contribution in [1.29, 1.82) is 0 Å². The second-order valence-corrected chi connectivity index (χ2v) is 14.1. The second kappa shape index (κ2) is 22.0. The monoisotopic (exact) mass is 840 g/mol. The van der Waals surface area contributed by atoms with Gasteiger partial charge >= 0.3 is 0 Å². The largest absolute Gasteiger partial charge is 0.354 e. The van der Waals surface area contributed by atoms with Crippen LogP contribution in [0.15, 0.2) is 49.2 Å². The smallest absolute Gasteiger partial charge is 0.272 e. The van der Waals surface area contributed by atoms with E-state index in [0.717, 1.165) is 13.0 Å². The number of hydrogen-bond donors (Lipinski definition) is 8. The van der Waals surface area contributed by atoms with Crippen LogP contribution in [-0.4, -0.2) is 103 Å². The molecule has 20 nitrogen and oxygen atoms in total. The van der Waals surface area contributed by atoms with Gasteiger partial charge in [-0.15, -0.1) is 12.4 Å². The maximum atomic E-state index is 13.2. The molecule has 0 bridgehead atoms. The third-order valence-corrected chi connectivity index (χ3v) is 8.87. The molecule has 0 saturated heterocycles. The zero-order chi connectivity index (χ0) is 42.5. The first-order valence-electron chi connectivity index (χ1n) is 18.6. The lowest BCUT2D eigenvalue weighted by molar-refractivity contribution is -0.129. The summed E-state index contributed by atoms with van der Waals surface area (Å²) in [5.74, 6) is -2.95. The van der Waals surface area contributed by atoms with Crippen molar-refractivity contribution in [2.45, 2.75) is 38.5 Å². The number of hydroxylamine groups is 1. The van der Waals surface area contributed by atoms with Gasteiger partial charge in [0.05, 0.1) is 28.3 Å². The standard InChI is InChI=1S/C38H52N12O8.ClH/c1-46(2)15-9-13-39-35(54)27-22-47(3)23-28(27)44-38(57)31-17-25(20-50(31)6)42-33(52)12-14-40-36(55)29-18-26(21-48(29)4)43-37(56)30-16-24(19-49(30)5)41-32(51)10-7-8-11-34(53)45-58;/h16-23,58H,7-15H2,1-6H3,(H,39,54)(H,40,55)(H,41,51)(H,42,52)(H,43,56)(H,44,57)(H,45,53);1H. The number of unbranched alkanes of at least 4 members (excludes halogenated alkanes) is 1. The third-order valence-electron chi connectivity index (χ3n) is 8.87. The minimum atomic E-state index is -0.523. The fraction of sp³-hybridized carbons (Fsp3) is 0.395. The van der Waals surface area contributed by atoms with Crippen LogP contribution < -0.4 is 37.4 Å². The molecule has 0 fully saturated rings. The predicted octanol–water partition coefficient (Wildman–Crippen LogP) is 2.41. The van der Waals surface area contributed by atoms with Crippen LogP contribution in [0.25, 0.3) is 0 Å². The molecule has 4 heterocycles. The lowest BCUT2D eigenvalue weighted by atomic mass is 10.2. The number of hydrogen-bond acceptors (Lipinski definition) is 9. The van der Waals surface area contributed by atoms with E-state index in [9.17, 15) is 33.6 Å². The first-order valence-corrected chi connectivity index (χ1v) is 18.6. The summed E-state index contributed by atoms with van der Waals surface area (Å²) in [6.45, 7) is 1.31. The van der Waals surface area contributed by atoms with E-state index >= 15 is 0 Å². The van der Waals surface area contributed by atoms with Gasteiger partial charge in [-0.25, -0.2) is 5.48 Å². The number of rotatable bonds is 20. The van der Waals surface area contributed by atoms with Gasteiger partial charge in [-0.05, 0) is 58.1 Å². The Labute approximate surface area is 347 Å². The normalized spacial score (nSPS) is 10.7. The van der Waals surface area contributed by atoms with Crippen LogP contribution >= 0.6 is 12.4 Å². The van der Waals surface area contributed by atoms with Crippen LogP contribution in [0, 0.1) is 0 Å². The SMILES string of the molecule is CN(C)CCCNC(=O)c1cn(C)cc1NC(=O)c1cc(NC(=O)CCNC(=O)c2cc(NC(=O)c3cc(NC(=O)CCCCC(=O)NO)cn3C)cn2C)cn1C.Cl. The number of amides is 7. The minimum Gasteiger partial charge on any atom is -0.354 e. The minimum absolute atomic E-state index is 0. The number of aryl methyl sites for hydroxylation is 4. The topological polar surface area (TPSA) is 247 Å². The first-order chi connectivity index (χ1) is 27.5. The van der Waals surface area contributed by atoms with Gasteiger partial charge < -0.3 is 55.1 Å². The summed E-state index contributed by atoms with van der Waals surface area (Å²) in [5.41, 5.74) is 4.06. The molecule has 0 saturated carbocycles. The molecule has 0 unspecified atom stereocenters. The van der Waals surface area contributed by atoms with Gasteiger partial charge in [0.1, 0.15) is 17.1 Å². The van der Waals surface area contributed by atoms with E-state index in [1.807, 2.05) is 19.0 Å². The number of halogens is 1. The molecular formula is C38H53ClN12O8. The van der Waals surface area contributed by atoms with Crippen LogP contribution in [0.5, 0.6) is 0 Å². The van der Waals surface area contributed by atoms with Gasteiger partial charge in [-0.3, -0.25) is 38.8 Å². The first kappa shape index (κ1) is 47.0. The highest BCUT2D eigenvalue weighted by atomic mass is 35.5. The molecule has 0 radical (unpaired) electrons. The summed E-state index contributed by atoms with van der Waals surface area (Å²) in [6.07, 6.45) is 9.81. The van der Waals surface area contributed by atoms with Crippen LogP contribution in [0.4, 0.5) is 22.7 Å². The Morgan fingerprint density at radius 3 is 1.58 bits per heavy atom. The average molecular weight is 841 g/mol. The Kier molecular flexibility index (Phi) is 17.5. The second-order valence-electron chi connectivity index (χ2n) is 14.1. The van der Waals surface area contributed by atoms with Crippen molar-refractivity contribution in [2.24, 2.45) is 28.2 Å². The van der Waals surface area contributed by atoms with Gasteiger partial charge in [0, 0.05) is 91.5 Å². The van der Waals surface area contributed by atoms with E-state index in [-0.39, 0.29) is 67.1 Å². The highest BCUT2D eigenvalue weighted by Crippen LogP contribution is 2.21.